The summed E-state index contributed by atoms with van der Waals surface area (Å²) in [7, 11) is 0. The van der Waals surface area contributed by atoms with Crippen molar-refractivity contribution in [1.82, 2.24) is 0 Å². The number of esters is 1. The van der Waals surface area contributed by atoms with Gasteiger partial charge in [-0.3, -0.25) is 4.79 Å². The summed E-state index contributed by atoms with van der Waals surface area (Å²) in [5.41, 5.74) is 4.16. The van der Waals surface area contributed by atoms with Crippen molar-refractivity contribution in [2.75, 3.05) is 12.4 Å². The Morgan fingerprint density at radius 2 is 1.88 bits per heavy atom. The first-order valence-corrected chi connectivity index (χ1v) is 14.0. The molecule has 1 saturated carbocycles. The lowest BCUT2D eigenvalue weighted by molar-refractivity contribution is -0.154. The molecule has 182 valence electrons. The molecule has 2 atom stereocenters. The van der Waals surface area contributed by atoms with Gasteiger partial charge in [0, 0.05) is 20.7 Å². The van der Waals surface area contributed by atoms with Gasteiger partial charge < -0.3 is 9.47 Å². The summed E-state index contributed by atoms with van der Waals surface area (Å²) in [6, 6.07) is 14.9. The molecule has 1 aliphatic heterocycles. The third kappa shape index (κ3) is 6.28. The smallest absolute Gasteiger partial charge is 0.311 e. The van der Waals surface area contributed by atoms with E-state index >= 15 is 0 Å². The minimum Gasteiger partial charge on any atom is -0.493 e. The summed E-state index contributed by atoms with van der Waals surface area (Å²) in [5.74, 6) is 3.29. The molecule has 0 unspecified atom stereocenters. The normalized spacial score (nSPS) is 20.6. The molecule has 2 aliphatic rings. The second-order valence-corrected chi connectivity index (χ2v) is 12.7. The molecule has 34 heavy (non-hydrogen) atoms. The number of rotatable bonds is 6. The number of fused-ring (bicyclic) bond motifs is 1. The number of hydrogen-bond acceptors (Lipinski definition) is 4. The monoisotopic (exact) mass is 542 g/mol. The number of carbonyl (C=O) groups excluding carboxylic acids is 1. The predicted molar refractivity (Wildman–Crippen MR) is 144 cm³/mol. The fourth-order valence-electron chi connectivity index (χ4n) is 4.59. The van der Waals surface area contributed by atoms with Gasteiger partial charge in [0.25, 0.3) is 0 Å². The molecule has 0 aromatic heterocycles. The maximum Gasteiger partial charge on any atom is 0.311 e. The summed E-state index contributed by atoms with van der Waals surface area (Å²) in [5, 5.41) is 0. The van der Waals surface area contributed by atoms with Crippen LogP contribution in [-0.2, 0) is 16.1 Å². The molecule has 1 fully saturated rings. The molecule has 0 radical (unpaired) electrons. The van der Waals surface area contributed by atoms with Gasteiger partial charge >= 0.3 is 5.97 Å². The van der Waals surface area contributed by atoms with E-state index in [9.17, 15) is 4.79 Å². The molecule has 3 nitrogen and oxygen atoms in total. The molecular weight excluding hydrogens is 508 g/mol. The highest BCUT2D eigenvalue weighted by Gasteiger charge is 2.24. The first-order chi connectivity index (χ1) is 16.2. The Bertz CT molecular complexity index is 1050. The quantitative estimate of drug-likeness (QED) is 0.344. The van der Waals surface area contributed by atoms with Crippen LogP contribution in [0.1, 0.15) is 70.1 Å². The van der Waals surface area contributed by atoms with E-state index in [0.29, 0.717) is 12.5 Å². The van der Waals surface area contributed by atoms with Crippen LogP contribution in [0.2, 0.25) is 0 Å². The van der Waals surface area contributed by atoms with Crippen molar-refractivity contribution >= 4 is 39.2 Å². The molecule has 0 bridgehead atoms. The first kappa shape index (κ1) is 25.4. The predicted octanol–water partition coefficient (Wildman–Crippen LogP) is 8.24. The van der Waals surface area contributed by atoms with Crippen LogP contribution in [-0.4, -0.2) is 18.3 Å². The van der Waals surface area contributed by atoms with E-state index in [0.717, 1.165) is 36.0 Å². The van der Waals surface area contributed by atoms with Gasteiger partial charge in [-0.1, -0.05) is 53.5 Å². The average Bonchev–Trinajstić information content (AvgIpc) is 3.14. The number of halogens is 1. The Hall–Kier alpha value is -1.72. The second-order valence-electron chi connectivity index (χ2n) is 10.7. The lowest BCUT2D eigenvalue weighted by Gasteiger charge is -2.18. The van der Waals surface area contributed by atoms with Gasteiger partial charge in [-0.25, -0.2) is 0 Å². The van der Waals surface area contributed by atoms with Crippen molar-refractivity contribution in [2.24, 2.45) is 17.3 Å². The molecule has 0 N–H and O–H groups in total. The van der Waals surface area contributed by atoms with Crippen molar-refractivity contribution in [1.29, 1.82) is 0 Å². The van der Waals surface area contributed by atoms with Gasteiger partial charge in [0.1, 0.15) is 12.4 Å². The Kier molecular flexibility index (Phi) is 8.14. The van der Waals surface area contributed by atoms with Crippen molar-refractivity contribution in [3.05, 3.63) is 63.6 Å². The van der Waals surface area contributed by atoms with Crippen LogP contribution in [0.15, 0.2) is 51.8 Å². The van der Waals surface area contributed by atoms with Crippen LogP contribution in [0.4, 0.5) is 0 Å². The van der Waals surface area contributed by atoms with Crippen molar-refractivity contribution < 1.29 is 14.3 Å². The van der Waals surface area contributed by atoms with Crippen molar-refractivity contribution in [3.8, 4) is 5.75 Å². The molecule has 0 spiro atoms. The highest BCUT2D eigenvalue weighted by molar-refractivity contribution is 9.11. The summed E-state index contributed by atoms with van der Waals surface area (Å²) >= 11 is 5.72. The highest BCUT2D eigenvalue weighted by atomic mass is 79.9. The van der Waals surface area contributed by atoms with E-state index < -0.39 is 5.41 Å². The van der Waals surface area contributed by atoms with Crippen LogP contribution in [0, 0.1) is 17.3 Å². The van der Waals surface area contributed by atoms with Crippen LogP contribution < -0.4 is 4.74 Å². The molecule has 4 rings (SSSR count). The Labute approximate surface area is 216 Å². The van der Waals surface area contributed by atoms with Crippen LogP contribution in [0.5, 0.6) is 5.75 Å². The fraction of sp³-hybridized carbons (Fsp3) is 0.483. The summed E-state index contributed by atoms with van der Waals surface area (Å²) < 4.78 is 12.9. The zero-order chi connectivity index (χ0) is 24.3. The molecule has 0 saturated heterocycles. The van der Waals surface area contributed by atoms with E-state index in [-0.39, 0.29) is 5.97 Å². The Morgan fingerprint density at radius 3 is 2.56 bits per heavy atom. The molecule has 5 heteroatoms. The van der Waals surface area contributed by atoms with Crippen molar-refractivity contribution in [2.45, 2.75) is 64.9 Å². The number of ether oxygens (including phenoxy) is 2. The van der Waals surface area contributed by atoms with E-state index in [1.807, 2.05) is 32.5 Å². The first-order valence-electron chi connectivity index (χ1n) is 12.3. The molecule has 2 aromatic carbocycles. The van der Waals surface area contributed by atoms with E-state index in [1.165, 1.54) is 45.3 Å². The van der Waals surface area contributed by atoms with Gasteiger partial charge in [0.15, 0.2) is 0 Å². The molecule has 1 heterocycles. The number of benzene rings is 2. The third-order valence-electron chi connectivity index (χ3n) is 6.58. The summed E-state index contributed by atoms with van der Waals surface area (Å²) in [6.45, 7) is 9.09. The van der Waals surface area contributed by atoms with Gasteiger partial charge in [-0.15, -0.1) is 11.8 Å². The molecular formula is C29H35BrO3S. The van der Waals surface area contributed by atoms with Gasteiger partial charge in [-0.2, -0.15) is 0 Å². The summed E-state index contributed by atoms with van der Waals surface area (Å²) in [6.07, 6.45) is 4.86. The Morgan fingerprint density at radius 1 is 1.12 bits per heavy atom. The highest BCUT2D eigenvalue weighted by Crippen LogP contribution is 2.42. The van der Waals surface area contributed by atoms with Crippen LogP contribution in [0.3, 0.4) is 0 Å². The lowest BCUT2D eigenvalue weighted by atomic mass is 9.95. The van der Waals surface area contributed by atoms with E-state index in [1.54, 1.807) is 0 Å². The number of thioether (sulfide) groups is 1. The Balaban J connectivity index is 1.49. The zero-order valence-corrected chi connectivity index (χ0v) is 23.1. The lowest BCUT2D eigenvalue weighted by Crippen LogP contribution is -2.22. The topological polar surface area (TPSA) is 35.5 Å². The number of hydrogen-bond donors (Lipinski definition) is 0. The maximum atomic E-state index is 12.2. The molecule has 0 amide bonds. The van der Waals surface area contributed by atoms with Gasteiger partial charge in [0.05, 0.1) is 12.0 Å². The van der Waals surface area contributed by atoms with E-state index in [2.05, 4.69) is 65.3 Å². The molecule has 1 aliphatic carbocycles. The van der Waals surface area contributed by atoms with Crippen LogP contribution >= 0.6 is 27.7 Å². The van der Waals surface area contributed by atoms with E-state index in [4.69, 9.17) is 9.47 Å². The van der Waals surface area contributed by atoms with Gasteiger partial charge in [0.2, 0.25) is 0 Å². The van der Waals surface area contributed by atoms with Crippen LogP contribution in [0.25, 0.3) is 5.57 Å². The number of carbonyl (C=O) groups is 1. The maximum absolute atomic E-state index is 12.2. The summed E-state index contributed by atoms with van der Waals surface area (Å²) in [4.78, 5) is 13.4. The average molecular weight is 544 g/mol. The minimum absolute atomic E-state index is 0.178. The third-order valence-corrected chi connectivity index (χ3v) is 8.43. The zero-order valence-electron chi connectivity index (χ0n) is 20.7. The standard InChI is InChI=1S/C29H35BrO3S/c1-19-5-6-20(15-19)17-32-23-10-8-22(9-11-23)27-24-12-7-21(18-33-28(31)29(2,3)4)16-26(24)34-14-13-25(27)30/h7-12,16,19-20H,5-6,13-15,17-18H2,1-4H3/t19-,20+/m1/s1. The fourth-order valence-corrected chi connectivity index (χ4v) is 6.58. The molecule has 2 aromatic rings. The SMILES string of the molecule is C[C@@H]1CC[C@H](COc2ccc(C3=C(Br)CCSc4cc(COC(=O)C(C)(C)C)ccc43)cc2)C1. The minimum atomic E-state index is -0.493. The number of allylic oxidation sites excluding steroid dienone is 1. The van der Waals surface area contributed by atoms with Gasteiger partial charge in [-0.05, 0) is 86.8 Å². The van der Waals surface area contributed by atoms with Crippen molar-refractivity contribution in [3.63, 3.8) is 0 Å². The largest absolute Gasteiger partial charge is 0.493 e. The second kappa shape index (κ2) is 10.9.